The van der Waals surface area contributed by atoms with Gasteiger partial charge in [-0.1, -0.05) is 20.8 Å². The van der Waals surface area contributed by atoms with Crippen LogP contribution in [0.1, 0.15) is 32.0 Å². The Labute approximate surface area is 89.9 Å². The largest absolute Gasteiger partial charge is 0.325 e. The lowest BCUT2D eigenvalue weighted by molar-refractivity contribution is 0.590. The number of fused-ring (bicyclic) bond motifs is 1. The molecular weight excluding hydrogens is 186 g/mol. The monoisotopic (exact) mass is 203 g/mol. The van der Waals surface area contributed by atoms with E-state index in [0.29, 0.717) is 6.54 Å². The van der Waals surface area contributed by atoms with Crippen LogP contribution in [0, 0.1) is 0 Å². The minimum absolute atomic E-state index is 0.175. The molecule has 0 spiro atoms. The van der Waals surface area contributed by atoms with E-state index in [1.54, 1.807) is 0 Å². The fraction of sp³-hybridized carbons (Fsp3) is 0.417. The topological polar surface area (TPSA) is 43.3 Å². The molecule has 80 valence electrons. The molecule has 2 aromatic heterocycles. The summed E-state index contributed by atoms with van der Waals surface area (Å²) >= 11 is 0. The minimum Gasteiger partial charge on any atom is -0.325 e. The van der Waals surface area contributed by atoms with Gasteiger partial charge >= 0.3 is 0 Å². The molecule has 0 radical (unpaired) electrons. The van der Waals surface area contributed by atoms with Crippen LogP contribution in [0.4, 0.5) is 0 Å². The van der Waals surface area contributed by atoms with E-state index in [-0.39, 0.29) is 5.41 Å². The molecule has 0 aromatic carbocycles. The second kappa shape index (κ2) is 3.35. The maximum Gasteiger partial charge on any atom is 0.0994 e. The number of aromatic nitrogens is 2. The Morgan fingerprint density at radius 3 is 2.67 bits per heavy atom. The highest BCUT2D eigenvalue weighted by atomic mass is 14.9. The van der Waals surface area contributed by atoms with Crippen molar-refractivity contribution in [2.24, 2.45) is 5.73 Å². The van der Waals surface area contributed by atoms with Crippen molar-refractivity contribution >= 4 is 5.52 Å². The normalized spacial score (nSPS) is 12.3. The van der Waals surface area contributed by atoms with Crippen LogP contribution in [0.25, 0.3) is 5.52 Å². The number of nitrogens with zero attached hydrogens (tertiary/aromatic N) is 2. The first-order valence-electron chi connectivity index (χ1n) is 5.18. The van der Waals surface area contributed by atoms with Crippen molar-refractivity contribution in [1.29, 1.82) is 0 Å². The Bertz CT molecular complexity index is 477. The SMILES string of the molecule is CC(C)(C)c1cc2cc(CN)ncn2c1. The zero-order chi connectivity index (χ0) is 11.1. The van der Waals surface area contributed by atoms with E-state index in [2.05, 4.69) is 38.0 Å². The Balaban J connectivity index is 2.56. The predicted octanol–water partition coefficient (Wildman–Crippen LogP) is 2.09. The molecule has 0 bridgehead atoms. The maximum atomic E-state index is 5.56. The average Bonchev–Trinajstić information content (AvgIpc) is 2.59. The molecule has 0 saturated carbocycles. The van der Waals surface area contributed by atoms with Crippen molar-refractivity contribution < 1.29 is 0 Å². The second-order valence-corrected chi connectivity index (χ2v) is 4.90. The third-order valence-corrected chi connectivity index (χ3v) is 2.62. The first-order valence-corrected chi connectivity index (χ1v) is 5.18. The molecule has 2 rings (SSSR count). The van der Waals surface area contributed by atoms with Gasteiger partial charge in [-0.15, -0.1) is 0 Å². The molecule has 3 heteroatoms. The van der Waals surface area contributed by atoms with Crippen molar-refractivity contribution in [3.05, 3.63) is 35.9 Å². The molecule has 0 fully saturated rings. The van der Waals surface area contributed by atoms with Gasteiger partial charge in [-0.2, -0.15) is 0 Å². The Kier molecular flexibility index (Phi) is 2.27. The third-order valence-electron chi connectivity index (χ3n) is 2.62. The highest BCUT2D eigenvalue weighted by molar-refractivity contribution is 5.52. The van der Waals surface area contributed by atoms with E-state index in [1.165, 1.54) is 5.56 Å². The predicted molar refractivity (Wildman–Crippen MR) is 61.8 cm³/mol. The van der Waals surface area contributed by atoms with Gasteiger partial charge in [-0.3, -0.25) is 0 Å². The highest BCUT2D eigenvalue weighted by Crippen LogP contribution is 2.24. The lowest BCUT2D eigenvalue weighted by atomic mass is 9.89. The molecule has 2 heterocycles. The summed E-state index contributed by atoms with van der Waals surface area (Å²) in [6.45, 7) is 7.11. The molecule has 15 heavy (non-hydrogen) atoms. The van der Waals surface area contributed by atoms with Crippen molar-refractivity contribution in [3.63, 3.8) is 0 Å². The van der Waals surface area contributed by atoms with Crippen LogP contribution >= 0.6 is 0 Å². The van der Waals surface area contributed by atoms with E-state index in [1.807, 2.05) is 16.8 Å². The molecule has 3 nitrogen and oxygen atoms in total. The van der Waals surface area contributed by atoms with Crippen molar-refractivity contribution in [3.8, 4) is 0 Å². The first-order chi connectivity index (χ1) is 7.00. The average molecular weight is 203 g/mol. The van der Waals surface area contributed by atoms with Crippen molar-refractivity contribution in [2.45, 2.75) is 32.7 Å². The van der Waals surface area contributed by atoms with E-state index in [4.69, 9.17) is 5.73 Å². The number of hydrogen-bond donors (Lipinski definition) is 1. The van der Waals surface area contributed by atoms with E-state index >= 15 is 0 Å². The van der Waals surface area contributed by atoms with Crippen LogP contribution < -0.4 is 5.73 Å². The Morgan fingerprint density at radius 1 is 1.33 bits per heavy atom. The molecule has 2 N–H and O–H groups in total. The summed E-state index contributed by atoms with van der Waals surface area (Å²) in [6, 6.07) is 4.23. The van der Waals surface area contributed by atoms with Crippen LogP contribution in [0.2, 0.25) is 0 Å². The van der Waals surface area contributed by atoms with Gasteiger partial charge in [0.2, 0.25) is 0 Å². The molecule has 0 saturated heterocycles. The second-order valence-electron chi connectivity index (χ2n) is 4.90. The Morgan fingerprint density at radius 2 is 2.07 bits per heavy atom. The molecule has 0 amide bonds. The lowest BCUT2D eigenvalue weighted by Crippen LogP contribution is -2.09. The van der Waals surface area contributed by atoms with Gasteiger partial charge in [-0.05, 0) is 23.1 Å². The molecule has 0 unspecified atom stereocenters. The van der Waals surface area contributed by atoms with Crippen LogP contribution in [-0.2, 0) is 12.0 Å². The number of nitrogens with two attached hydrogens (primary N) is 1. The summed E-state index contributed by atoms with van der Waals surface area (Å²) in [5, 5.41) is 0. The number of rotatable bonds is 1. The van der Waals surface area contributed by atoms with Gasteiger partial charge in [-0.25, -0.2) is 4.98 Å². The molecule has 0 aliphatic rings. The summed E-state index contributed by atoms with van der Waals surface area (Å²) in [6.07, 6.45) is 3.95. The van der Waals surface area contributed by atoms with Crippen LogP contribution in [-0.4, -0.2) is 9.38 Å². The third kappa shape index (κ3) is 1.88. The lowest BCUT2D eigenvalue weighted by Gasteiger charge is -2.15. The molecule has 0 aliphatic heterocycles. The molecule has 0 aliphatic carbocycles. The van der Waals surface area contributed by atoms with Gasteiger partial charge in [0.15, 0.2) is 0 Å². The summed E-state index contributed by atoms with van der Waals surface area (Å²) in [5.74, 6) is 0. The minimum atomic E-state index is 0.175. The van der Waals surface area contributed by atoms with Gasteiger partial charge in [0.25, 0.3) is 0 Å². The fourth-order valence-electron chi connectivity index (χ4n) is 1.58. The standard InChI is InChI=1S/C12H17N3/c1-12(2,3)9-4-11-5-10(6-13)14-8-15(11)7-9/h4-5,7-8H,6,13H2,1-3H3. The summed E-state index contributed by atoms with van der Waals surface area (Å²) in [7, 11) is 0. The van der Waals surface area contributed by atoms with Crippen LogP contribution in [0.3, 0.4) is 0 Å². The van der Waals surface area contributed by atoms with Crippen molar-refractivity contribution in [1.82, 2.24) is 9.38 Å². The van der Waals surface area contributed by atoms with Crippen LogP contribution in [0.15, 0.2) is 24.7 Å². The maximum absolute atomic E-state index is 5.56. The fourth-order valence-corrected chi connectivity index (χ4v) is 1.58. The summed E-state index contributed by atoms with van der Waals surface area (Å²) in [5.41, 5.74) is 9.15. The van der Waals surface area contributed by atoms with Gasteiger partial charge in [0.05, 0.1) is 12.0 Å². The molecule has 0 atom stereocenters. The van der Waals surface area contributed by atoms with Gasteiger partial charge in [0, 0.05) is 18.3 Å². The van der Waals surface area contributed by atoms with Crippen molar-refractivity contribution in [2.75, 3.05) is 0 Å². The van der Waals surface area contributed by atoms with E-state index < -0.39 is 0 Å². The van der Waals surface area contributed by atoms with Gasteiger partial charge in [0.1, 0.15) is 0 Å². The Hall–Kier alpha value is -1.35. The highest BCUT2D eigenvalue weighted by Gasteiger charge is 2.15. The zero-order valence-corrected chi connectivity index (χ0v) is 9.49. The molecule has 2 aromatic rings. The zero-order valence-electron chi connectivity index (χ0n) is 9.49. The summed E-state index contributed by atoms with van der Waals surface area (Å²) in [4.78, 5) is 4.26. The number of hydrogen-bond acceptors (Lipinski definition) is 2. The van der Waals surface area contributed by atoms with E-state index in [0.717, 1.165) is 11.2 Å². The van der Waals surface area contributed by atoms with Crippen LogP contribution in [0.5, 0.6) is 0 Å². The molecular formula is C12H17N3. The van der Waals surface area contributed by atoms with Gasteiger partial charge < -0.3 is 10.1 Å². The van der Waals surface area contributed by atoms with E-state index in [9.17, 15) is 0 Å². The smallest absolute Gasteiger partial charge is 0.0994 e. The quantitative estimate of drug-likeness (QED) is 0.771. The summed E-state index contributed by atoms with van der Waals surface area (Å²) < 4.78 is 2.04. The first kappa shape index (κ1) is 10.2.